The maximum atomic E-state index is 13.3. The van der Waals surface area contributed by atoms with Crippen LogP contribution in [0.15, 0.2) is 30.7 Å². The van der Waals surface area contributed by atoms with E-state index < -0.39 is 0 Å². The van der Waals surface area contributed by atoms with Gasteiger partial charge >= 0.3 is 0 Å². The molecule has 2 aromatic rings. The summed E-state index contributed by atoms with van der Waals surface area (Å²) in [6.45, 7) is 3.76. The number of anilines is 2. The first kappa shape index (κ1) is 15.0. The van der Waals surface area contributed by atoms with E-state index in [2.05, 4.69) is 20.2 Å². The van der Waals surface area contributed by atoms with E-state index in [0.717, 1.165) is 37.2 Å². The Morgan fingerprint density at radius 2 is 2.27 bits per heavy atom. The predicted octanol–water partition coefficient (Wildman–Crippen LogP) is 3.66. The van der Waals surface area contributed by atoms with Gasteiger partial charge in [-0.3, -0.25) is 0 Å². The van der Waals surface area contributed by atoms with Gasteiger partial charge < -0.3 is 10.2 Å². The Labute approximate surface area is 134 Å². The predicted molar refractivity (Wildman–Crippen MR) is 87.0 cm³/mol. The van der Waals surface area contributed by atoms with E-state index in [1.54, 1.807) is 12.3 Å². The Kier molecular flexibility index (Phi) is 4.43. The van der Waals surface area contributed by atoms with Gasteiger partial charge in [-0.25, -0.2) is 14.4 Å². The van der Waals surface area contributed by atoms with Crippen molar-refractivity contribution in [2.75, 3.05) is 23.3 Å². The molecule has 1 aromatic carbocycles. The molecule has 0 saturated carbocycles. The van der Waals surface area contributed by atoms with E-state index in [1.807, 2.05) is 13.0 Å². The highest BCUT2D eigenvalue weighted by Crippen LogP contribution is 2.26. The molecule has 0 spiro atoms. The highest BCUT2D eigenvalue weighted by atomic mass is 35.5. The van der Waals surface area contributed by atoms with Crippen molar-refractivity contribution in [3.05, 3.63) is 47.1 Å². The number of aromatic nitrogens is 2. The molecule has 1 aromatic heterocycles. The van der Waals surface area contributed by atoms with Gasteiger partial charge in [0.05, 0.1) is 6.20 Å². The number of benzene rings is 1. The van der Waals surface area contributed by atoms with E-state index in [4.69, 9.17) is 11.6 Å². The third-order valence-electron chi connectivity index (χ3n) is 3.93. The molecule has 0 bridgehead atoms. The number of halogens is 2. The molecule has 1 atom stereocenters. The van der Waals surface area contributed by atoms with Crippen LogP contribution in [0.1, 0.15) is 18.4 Å². The minimum atomic E-state index is -0.194. The SMILES string of the molecule is Cc1cc(F)ccc1N1CCCC(Nc2ncncc2Cl)C1. The normalized spacial score (nSPS) is 18.3. The monoisotopic (exact) mass is 320 g/mol. The van der Waals surface area contributed by atoms with Crippen LogP contribution in [0, 0.1) is 12.7 Å². The van der Waals surface area contributed by atoms with E-state index in [1.165, 1.54) is 12.4 Å². The zero-order chi connectivity index (χ0) is 15.5. The Morgan fingerprint density at radius 3 is 3.05 bits per heavy atom. The maximum Gasteiger partial charge on any atom is 0.148 e. The molecule has 1 saturated heterocycles. The molecule has 4 nitrogen and oxygen atoms in total. The van der Waals surface area contributed by atoms with Gasteiger partial charge in [0, 0.05) is 24.8 Å². The summed E-state index contributed by atoms with van der Waals surface area (Å²) in [6, 6.07) is 5.20. The second-order valence-electron chi connectivity index (χ2n) is 5.58. The minimum absolute atomic E-state index is 0.194. The van der Waals surface area contributed by atoms with Crippen LogP contribution in [0.5, 0.6) is 0 Å². The van der Waals surface area contributed by atoms with Gasteiger partial charge in [-0.15, -0.1) is 0 Å². The third kappa shape index (κ3) is 3.30. The molecule has 6 heteroatoms. The standard InChI is InChI=1S/C16H18ClFN4/c1-11-7-12(18)4-5-15(11)22-6-2-3-13(9-22)21-16-14(17)8-19-10-20-16/h4-5,7-8,10,13H,2-3,6,9H2,1H3,(H,19,20,21). The highest BCUT2D eigenvalue weighted by Gasteiger charge is 2.22. The fourth-order valence-corrected chi connectivity index (χ4v) is 3.06. The molecular formula is C16H18ClFN4. The Balaban J connectivity index is 1.73. The average Bonchev–Trinajstić information content (AvgIpc) is 2.50. The van der Waals surface area contributed by atoms with Crippen molar-refractivity contribution < 1.29 is 4.39 Å². The van der Waals surface area contributed by atoms with E-state index >= 15 is 0 Å². The maximum absolute atomic E-state index is 13.3. The van der Waals surface area contributed by atoms with Crippen LogP contribution in [0.3, 0.4) is 0 Å². The topological polar surface area (TPSA) is 41.0 Å². The van der Waals surface area contributed by atoms with Gasteiger partial charge in [-0.05, 0) is 43.5 Å². The number of nitrogens with zero attached hydrogens (tertiary/aromatic N) is 3. The smallest absolute Gasteiger partial charge is 0.148 e. The lowest BCUT2D eigenvalue weighted by atomic mass is 10.0. The highest BCUT2D eigenvalue weighted by molar-refractivity contribution is 6.32. The number of hydrogen-bond donors (Lipinski definition) is 1. The van der Waals surface area contributed by atoms with Crippen molar-refractivity contribution in [3.63, 3.8) is 0 Å². The number of piperidine rings is 1. The minimum Gasteiger partial charge on any atom is -0.369 e. The second-order valence-corrected chi connectivity index (χ2v) is 5.99. The molecule has 0 amide bonds. The van der Waals surface area contributed by atoms with Gasteiger partial charge in [-0.2, -0.15) is 0 Å². The molecule has 1 N–H and O–H groups in total. The van der Waals surface area contributed by atoms with Crippen molar-refractivity contribution in [1.82, 2.24) is 9.97 Å². The quantitative estimate of drug-likeness (QED) is 0.937. The lowest BCUT2D eigenvalue weighted by molar-refractivity contribution is 0.527. The summed E-state index contributed by atoms with van der Waals surface area (Å²) < 4.78 is 13.3. The van der Waals surface area contributed by atoms with Crippen LogP contribution in [0.25, 0.3) is 0 Å². The number of rotatable bonds is 3. The van der Waals surface area contributed by atoms with Crippen molar-refractivity contribution in [2.45, 2.75) is 25.8 Å². The third-order valence-corrected chi connectivity index (χ3v) is 4.21. The van der Waals surface area contributed by atoms with E-state index in [9.17, 15) is 4.39 Å². The van der Waals surface area contributed by atoms with Gasteiger partial charge in [-0.1, -0.05) is 11.6 Å². The number of aryl methyl sites for hydroxylation is 1. The summed E-state index contributed by atoms with van der Waals surface area (Å²) in [5.74, 6) is 0.472. The molecule has 22 heavy (non-hydrogen) atoms. The zero-order valence-corrected chi connectivity index (χ0v) is 13.1. The van der Waals surface area contributed by atoms with Crippen molar-refractivity contribution in [2.24, 2.45) is 0 Å². The summed E-state index contributed by atoms with van der Waals surface area (Å²) in [4.78, 5) is 10.4. The summed E-state index contributed by atoms with van der Waals surface area (Å²) in [7, 11) is 0. The zero-order valence-electron chi connectivity index (χ0n) is 12.4. The second kappa shape index (κ2) is 6.48. The summed E-state index contributed by atoms with van der Waals surface area (Å²) >= 11 is 6.10. The van der Waals surface area contributed by atoms with Gasteiger partial charge in [0.2, 0.25) is 0 Å². The first-order valence-electron chi connectivity index (χ1n) is 7.36. The molecule has 1 fully saturated rings. The summed E-state index contributed by atoms with van der Waals surface area (Å²) in [5, 5.41) is 3.91. The van der Waals surface area contributed by atoms with E-state index in [-0.39, 0.29) is 11.9 Å². The van der Waals surface area contributed by atoms with E-state index in [0.29, 0.717) is 10.8 Å². The fourth-order valence-electron chi connectivity index (χ4n) is 2.90. The van der Waals surface area contributed by atoms with Crippen molar-refractivity contribution >= 4 is 23.1 Å². The van der Waals surface area contributed by atoms with Crippen LogP contribution in [-0.4, -0.2) is 29.1 Å². The fraction of sp³-hybridized carbons (Fsp3) is 0.375. The van der Waals surface area contributed by atoms with Gasteiger partial charge in [0.15, 0.2) is 0 Å². The molecule has 3 rings (SSSR count). The lowest BCUT2D eigenvalue weighted by Gasteiger charge is -2.36. The first-order chi connectivity index (χ1) is 10.6. The van der Waals surface area contributed by atoms with Crippen LogP contribution < -0.4 is 10.2 Å². The van der Waals surface area contributed by atoms with Crippen LogP contribution in [0.2, 0.25) is 5.02 Å². The molecule has 0 aliphatic carbocycles. The van der Waals surface area contributed by atoms with Crippen LogP contribution in [-0.2, 0) is 0 Å². The Hall–Kier alpha value is -1.88. The van der Waals surface area contributed by atoms with Crippen molar-refractivity contribution in [1.29, 1.82) is 0 Å². The molecule has 0 radical (unpaired) electrons. The lowest BCUT2D eigenvalue weighted by Crippen LogP contribution is -2.42. The van der Waals surface area contributed by atoms with Crippen LogP contribution >= 0.6 is 11.6 Å². The largest absolute Gasteiger partial charge is 0.369 e. The molecular weight excluding hydrogens is 303 g/mol. The summed E-state index contributed by atoms with van der Waals surface area (Å²) in [6.07, 6.45) is 5.19. The first-order valence-corrected chi connectivity index (χ1v) is 7.74. The number of nitrogens with one attached hydrogen (secondary N) is 1. The molecule has 2 heterocycles. The molecule has 1 aliphatic heterocycles. The van der Waals surface area contributed by atoms with Crippen molar-refractivity contribution in [3.8, 4) is 0 Å². The molecule has 1 aliphatic rings. The average molecular weight is 321 g/mol. The Morgan fingerprint density at radius 1 is 1.41 bits per heavy atom. The van der Waals surface area contributed by atoms with Crippen LogP contribution in [0.4, 0.5) is 15.9 Å². The molecule has 116 valence electrons. The van der Waals surface area contributed by atoms with Gasteiger partial charge in [0.1, 0.15) is 23.0 Å². The van der Waals surface area contributed by atoms with Gasteiger partial charge in [0.25, 0.3) is 0 Å². The summed E-state index contributed by atoms with van der Waals surface area (Å²) in [5.41, 5.74) is 2.04. The molecule has 1 unspecified atom stereocenters. The Bertz CT molecular complexity index is 664. The number of hydrogen-bond acceptors (Lipinski definition) is 4.